The van der Waals surface area contributed by atoms with Gasteiger partial charge in [-0.25, -0.2) is 4.73 Å². The van der Waals surface area contributed by atoms with E-state index in [2.05, 4.69) is 0 Å². The van der Waals surface area contributed by atoms with Crippen molar-refractivity contribution in [3.05, 3.63) is 51.9 Å². The smallest absolute Gasteiger partial charge is 0.286 e. The average Bonchev–Trinajstić information content (AvgIpc) is 2.74. The first-order valence-corrected chi connectivity index (χ1v) is 9.49. The van der Waals surface area contributed by atoms with E-state index in [0.717, 1.165) is 25.0 Å². The Morgan fingerprint density at radius 3 is 2.52 bits per heavy atom. The Hall–Kier alpha value is -3.23. The number of anilines is 1. The standard InChI is InChI=1S/C20H25N3O6/c1-27-18-4-3-17(14-19(18)28-2)29-12-8-15-5-9-21(10-6-15)20-13-16(23(25)26)7-11-22(20)24/h3-4,7,11,13-15H,5-6,8-10,12H2,1-2H3. The molecule has 0 radical (unpaired) electrons. The zero-order valence-electron chi connectivity index (χ0n) is 16.6. The Kier molecular flexibility index (Phi) is 6.58. The maximum absolute atomic E-state index is 12.0. The highest BCUT2D eigenvalue weighted by molar-refractivity contribution is 5.45. The zero-order valence-corrected chi connectivity index (χ0v) is 16.6. The van der Waals surface area contributed by atoms with Crippen molar-refractivity contribution in [2.24, 2.45) is 5.92 Å². The Labute approximate surface area is 169 Å². The fourth-order valence-electron chi connectivity index (χ4n) is 3.51. The summed E-state index contributed by atoms with van der Waals surface area (Å²) < 4.78 is 17.0. The third kappa shape index (κ3) is 4.98. The third-order valence-electron chi connectivity index (χ3n) is 5.18. The van der Waals surface area contributed by atoms with E-state index in [4.69, 9.17) is 14.2 Å². The average molecular weight is 403 g/mol. The summed E-state index contributed by atoms with van der Waals surface area (Å²) in [7, 11) is 3.18. The molecule has 0 spiro atoms. The van der Waals surface area contributed by atoms with Crippen molar-refractivity contribution in [2.45, 2.75) is 19.3 Å². The van der Waals surface area contributed by atoms with E-state index in [1.807, 2.05) is 17.0 Å². The minimum Gasteiger partial charge on any atom is -0.711 e. The second-order valence-corrected chi connectivity index (χ2v) is 6.91. The minimum absolute atomic E-state index is 0.0717. The summed E-state index contributed by atoms with van der Waals surface area (Å²) in [5, 5.41) is 23.0. The van der Waals surface area contributed by atoms with E-state index in [-0.39, 0.29) is 5.69 Å². The summed E-state index contributed by atoms with van der Waals surface area (Å²) in [6.45, 7) is 1.95. The number of ether oxygens (including phenoxy) is 3. The van der Waals surface area contributed by atoms with E-state index < -0.39 is 4.92 Å². The molecule has 1 aliphatic rings. The van der Waals surface area contributed by atoms with Crippen LogP contribution in [-0.4, -0.2) is 38.8 Å². The third-order valence-corrected chi connectivity index (χ3v) is 5.18. The molecule has 0 bridgehead atoms. The largest absolute Gasteiger partial charge is 0.711 e. The quantitative estimate of drug-likeness (QED) is 0.289. The molecule has 1 saturated heterocycles. The molecule has 9 heteroatoms. The van der Waals surface area contributed by atoms with Gasteiger partial charge in [-0.1, -0.05) is 0 Å². The predicted octanol–water partition coefficient (Wildman–Crippen LogP) is 2.93. The monoisotopic (exact) mass is 403 g/mol. The Bertz CT molecular complexity index is 852. The lowest BCUT2D eigenvalue weighted by Gasteiger charge is -2.29. The first-order valence-electron chi connectivity index (χ1n) is 9.49. The molecule has 0 aliphatic carbocycles. The molecule has 0 unspecified atom stereocenters. The van der Waals surface area contributed by atoms with E-state index in [1.54, 1.807) is 20.3 Å². The SMILES string of the molecule is COc1ccc(OCCC2CCN(c3cc([N+](=O)[O-])cc[n+]3[O-])CC2)cc1OC. The summed E-state index contributed by atoms with van der Waals surface area (Å²) in [4.78, 5) is 12.4. The van der Waals surface area contributed by atoms with Gasteiger partial charge < -0.3 is 19.4 Å². The van der Waals surface area contributed by atoms with Gasteiger partial charge >= 0.3 is 0 Å². The molecule has 156 valence electrons. The number of hydrogen-bond acceptors (Lipinski definition) is 7. The molecule has 3 rings (SSSR count). The maximum Gasteiger partial charge on any atom is 0.286 e. The number of benzene rings is 1. The minimum atomic E-state index is -0.484. The lowest BCUT2D eigenvalue weighted by Crippen LogP contribution is -2.42. The Morgan fingerprint density at radius 2 is 1.86 bits per heavy atom. The fourth-order valence-corrected chi connectivity index (χ4v) is 3.51. The molecule has 1 aromatic carbocycles. The van der Waals surface area contributed by atoms with Crippen LogP contribution < -0.4 is 23.8 Å². The summed E-state index contributed by atoms with van der Waals surface area (Å²) in [5.74, 6) is 2.82. The topological polar surface area (TPSA) is 101 Å². The van der Waals surface area contributed by atoms with Gasteiger partial charge in [-0.15, -0.1) is 0 Å². The number of pyridine rings is 1. The lowest BCUT2D eigenvalue weighted by molar-refractivity contribution is -0.593. The van der Waals surface area contributed by atoms with E-state index in [1.165, 1.54) is 18.3 Å². The van der Waals surface area contributed by atoms with Crippen LogP contribution in [0.5, 0.6) is 17.2 Å². The van der Waals surface area contributed by atoms with Crippen LogP contribution in [0.15, 0.2) is 36.5 Å². The number of rotatable bonds is 8. The van der Waals surface area contributed by atoms with Crippen molar-refractivity contribution >= 4 is 11.5 Å². The van der Waals surface area contributed by atoms with Gasteiger partial charge in [-0.3, -0.25) is 15.0 Å². The van der Waals surface area contributed by atoms with Crippen LogP contribution in [0.2, 0.25) is 0 Å². The number of hydrogen-bond donors (Lipinski definition) is 0. The molecule has 0 saturated carbocycles. The zero-order chi connectivity index (χ0) is 20.8. The van der Waals surface area contributed by atoms with Gasteiger partial charge in [0.1, 0.15) is 18.0 Å². The van der Waals surface area contributed by atoms with Gasteiger partial charge in [-0.2, -0.15) is 0 Å². The molecule has 1 aliphatic heterocycles. The highest BCUT2D eigenvalue weighted by atomic mass is 16.6. The second kappa shape index (κ2) is 9.31. The predicted molar refractivity (Wildman–Crippen MR) is 107 cm³/mol. The van der Waals surface area contributed by atoms with E-state index in [9.17, 15) is 15.3 Å². The van der Waals surface area contributed by atoms with Gasteiger partial charge in [0.05, 0.1) is 44.9 Å². The normalized spacial score (nSPS) is 14.5. The van der Waals surface area contributed by atoms with Crippen molar-refractivity contribution in [2.75, 3.05) is 38.8 Å². The number of aromatic nitrogens is 1. The van der Waals surface area contributed by atoms with Crippen LogP contribution in [0.3, 0.4) is 0 Å². The van der Waals surface area contributed by atoms with Crippen LogP contribution in [0, 0.1) is 21.2 Å². The molecular weight excluding hydrogens is 378 g/mol. The van der Waals surface area contributed by atoms with E-state index in [0.29, 0.717) is 47.7 Å². The van der Waals surface area contributed by atoms with Crippen LogP contribution >= 0.6 is 0 Å². The molecule has 1 aromatic heterocycles. The van der Waals surface area contributed by atoms with Crippen LogP contribution in [-0.2, 0) is 0 Å². The highest BCUT2D eigenvalue weighted by Crippen LogP contribution is 2.31. The molecule has 1 fully saturated rings. The van der Waals surface area contributed by atoms with Crippen molar-refractivity contribution in [1.82, 2.24) is 0 Å². The number of piperidine rings is 1. The maximum atomic E-state index is 12.0. The Balaban J connectivity index is 1.49. The van der Waals surface area contributed by atoms with Crippen molar-refractivity contribution in [1.29, 1.82) is 0 Å². The molecule has 0 amide bonds. The second-order valence-electron chi connectivity index (χ2n) is 6.91. The molecule has 0 atom stereocenters. The molecule has 9 nitrogen and oxygen atoms in total. The van der Waals surface area contributed by atoms with Gasteiger partial charge in [0.2, 0.25) is 0 Å². The molecule has 2 heterocycles. The molecule has 29 heavy (non-hydrogen) atoms. The molecular formula is C20H25N3O6. The summed E-state index contributed by atoms with van der Waals surface area (Å²) in [6, 6.07) is 8.02. The van der Waals surface area contributed by atoms with Crippen LogP contribution in [0.25, 0.3) is 0 Å². The number of nitro groups is 1. The fraction of sp³-hybridized carbons (Fsp3) is 0.450. The van der Waals surface area contributed by atoms with Gasteiger partial charge in [0.15, 0.2) is 11.5 Å². The summed E-state index contributed by atoms with van der Waals surface area (Å²) in [6.07, 6.45) is 3.89. The van der Waals surface area contributed by atoms with Gasteiger partial charge in [0.25, 0.3) is 11.5 Å². The van der Waals surface area contributed by atoms with Crippen molar-refractivity contribution in [3.63, 3.8) is 0 Å². The van der Waals surface area contributed by atoms with Crippen molar-refractivity contribution < 1.29 is 23.9 Å². The van der Waals surface area contributed by atoms with Crippen molar-refractivity contribution in [3.8, 4) is 17.2 Å². The molecule has 2 aromatic rings. The number of methoxy groups -OCH3 is 2. The Morgan fingerprint density at radius 1 is 1.14 bits per heavy atom. The van der Waals surface area contributed by atoms with Crippen LogP contribution in [0.1, 0.15) is 19.3 Å². The first kappa shape index (κ1) is 20.5. The van der Waals surface area contributed by atoms with Gasteiger partial charge in [0, 0.05) is 6.07 Å². The highest BCUT2D eigenvalue weighted by Gasteiger charge is 2.27. The summed E-state index contributed by atoms with van der Waals surface area (Å²) in [5.41, 5.74) is -0.0717. The number of nitrogens with zero attached hydrogens (tertiary/aromatic N) is 3. The van der Waals surface area contributed by atoms with Gasteiger partial charge in [-0.05, 0) is 37.3 Å². The summed E-state index contributed by atoms with van der Waals surface area (Å²) >= 11 is 0. The lowest BCUT2D eigenvalue weighted by atomic mass is 9.94. The molecule has 0 N–H and O–H groups in total. The van der Waals surface area contributed by atoms with E-state index >= 15 is 0 Å². The van der Waals surface area contributed by atoms with Crippen LogP contribution in [0.4, 0.5) is 11.5 Å². The first-order chi connectivity index (χ1) is 14.0.